The van der Waals surface area contributed by atoms with Crippen LogP contribution in [0.2, 0.25) is 0 Å². The van der Waals surface area contributed by atoms with Gasteiger partial charge in [-0.15, -0.1) is 11.3 Å². The van der Waals surface area contributed by atoms with E-state index in [2.05, 4.69) is 41.8 Å². The normalized spacial score (nSPS) is 10.7. The van der Waals surface area contributed by atoms with Gasteiger partial charge in [0.05, 0.1) is 12.5 Å². The first kappa shape index (κ1) is 9.38. The predicted octanol–water partition coefficient (Wildman–Crippen LogP) is 4.12. The highest BCUT2D eigenvalue weighted by molar-refractivity contribution is 7.18. The first-order valence-electron chi connectivity index (χ1n) is 5.15. The van der Waals surface area contributed by atoms with Crippen molar-refractivity contribution in [3.05, 3.63) is 47.3 Å². The Morgan fingerprint density at radius 2 is 2.00 bits per heavy atom. The van der Waals surface area contributed by atoms with Crippen molar-refractivity contribution in [2.24, 2.45) is 0 Å². The van der Waals surface area contributed by atoms with E-state index in [1.807, 2.05) is 6.07 Å². The van der Waals surface area contributed by atoms with Crippen LogP contribution in [0.5, 0.6) is 0 Å². The molecule has 76 valence electrons. The SMILES string of the molecule is N#CCc1cc2ccccc2c2sccc12. The van der Waals surface area contributed by atoms with Crippen LogP contribution < -0.4 is 0 Å². The zero-order chi connectivity index (χ0) is 11.0. The maximum Gasteiger partial charge on any atom is 0.0669 e. The summed E-state index contributed by atoms with van der Waals surface area (Å²) in [5.41, 5.74) is 1.14. The number of thiophene rings is 1. The second kappa shape index (κ2) is 3.62. The third kappa shape index (κ3) is 1.30. The standard InChI is InChI=1S/C14H9NS/c15-7-5-11-9-10-3-1-2-4-12(10)14-13(11)6-8-16-14/h1-4,6,8-9H,5H2. The zero-order valence-corrected chi connectivity index (χ0v) is 9.42. The molecule has 0 bridgehead atoms. The van der Waals surface area contributed by atoms with Crippen LogP contribution in [0, 0.1) is 11.3 Å². The Morgan fingerprint density at radius 1 is 1.12 bits per heavy atom. The van der Waals surface area contributed by atoms with E-state index in [0.717, 1.165) is 5.56 Å². The number of rotatable bonds is 1. The smallest absolute Gasteiger partial charge is 0.0669 e. The maximum atomic E-state index is 8.84. The molecule has 0 fully saturated rings. The molecule has 2 aromatic carbocycles. The Morgan fingerprint density at radius 3 is 2.88 bits per heavy atom. The van der Waals surface area contributed by atoms with Gasteiger partial charge < -0.3 is 0 Å². The molecular weight excluding hydrogens is 214 g/mol. The van der Waals surface area contributed by atoms with Crippen LogP contribution in [-0.4, -0.2) is 0 Å². The van der Waals surface area contributed by atoms with Gasteiger partial charge >= 0.3 is 0 Å². The van der Waals surface area contributed by atoms with E-state index in [-0.39, 0.29) is 0 Å². The van der Waals surface area contributed by atoms with Crippen molar-refractivity contribution in [2.75, 3.05) is 0 Å². The van der Waals surface area contributed by atoms with Gasteiger partial charge in [-0.25, -0.2) is 0 Å². The average molecular weight is 223 g/mol. The highest BCUT2D eigenvalue weighted by Crippen LogP contribution is 2.32. The third-order valence-corrected chi connectivity index (χ3v) is 3.76. The monoisotopic (exact) mass is 223 g/mol. The number of nitrogens with zero attached hydrogens (tertiary/aromatic N) is 1. The fourth-order valence-electron chi connectivity index (χ4n) is 2.10. The van der Waals surface area contributed by atoms with Crippen LogP contribution in [0.25, 0.3) is 20.9 Å². The Kier molecular flexibility index (Phi) is 2.12. The molecule has 0 saturated carbocycles. The number of nitriles is 1. The van der Waals surface area contributed by atoms with Gasteiger partial charge in [-0.05, 0) is 39.2 Å². The van der Waals surface area contributed by atoms with E-state index in [1.165, 1.54) is 20.9 Å². The summed E-state index contributed by atoms with van der Waals surface area (Å²) >= 11 is 1.75. The van der Waals surface area contributed by atoms with E-state index < -0.39 is 0 Å². The molecule has 0 amide bonds. The fraction of sp³-hybridized carbons (Fsp3) is 0.0714. The molecule has 16 heavy (non-hydrogen) atoms. The largest absolute Gasteiger partial charge is 0.198 e. The van der Waals surface area contributed by atoms with Crippen LogP contribution >= 0.6 is 11.3 Å². The average Bonchev–Trinajstić information content (AvgIpc) is 2.79. The summed E-state index contributed by atoms with van der Waals surface area (Å²) in [4.78, 5) is 0. The molecule has 0 saturated heterocycles. The Labute approximate surface area is 97.6 Å². The van der Waals surface area contributed by atoms with Gasteiger partial charge in [-0.3, -0.25) is 0 Å². The van der Waals surface area contributed by atoms with Crippen molar-refractivity contribution >= 4 is 32.2 Å². The summed E-state index contributed by atoms with van der Waals surface area (Å²) in [7, 11) is 0. The van der Waals surface area contributed by atoms with Crippen molar-refractivity contribution in [1.29, 1.82) is 5.26 Å². The Hall–Kier alpha value is -1.85. The molecular formula is C14H9NS. The molecule has 0 N–H and O–H groups in total. The molecule has 1 aromatic heterocycles. The topological polar surface area (TPSA) is 23.8 Å². The van der Waals surface area contributed by atoms with Crippen molar-refractivity contribution < 1.29 is 0 Å². The lowest BCUT2D eigenvalue weighted by atomic mass is 10.0. The third-order valence-electron chi connectivity index (χ3n) is 2.82. The lowest BCUT2D eigenvalue weighted by molar-refractivity contribution is 1.30. The highest BCUT2D eigenvalue weighted by Gasteiger charge is 2.06. The highest BCUT2D eigenvalue weighted by atomic mass is 32.1. The predicted molar refractivity (Wildman–Crippen MR) is 68.6 cm³/mol. The number of hydrogen-bond acceptors (Lipinski definition) is 2. The second-order valence-electron chi connectivity index (χ2n) is 3.76. The molecule has 0 aliphatic heterocycles. The molecule has 0 aliphatic carbocycles. The van der Waals surface area contributed by atoms with Gasteiger partial charge in [-0.1, -0.05) is 24.3 Å². The Balaban J connectivity index is 2.49. The molecule has 3 rings (SSSR count). The van der Waals surface area contributed by atoms with Crippen LogP contribution in [-0.2, 0) is 6.42 Å². The van der Waals surface area contributed by atoms with Crippen molar-refractivity contribution in [3.63, 3.8) is 0 Å². The molecule has 1 heterocycles. The summed E-state index contributed by atoms with van der Waals surface area (Å²) in [5, 5.41) is 14.7. The molecule has 0 unspecified atom stereocenters. The first-order valence-corrected chi connectivity index (χ1v) is 6.03. The van der Waals surface area contributed by atoms with E-state index in [1.54, 1.807) is 11.3 Å². The second-order valence-corrected chi connectivity index (χ2v) is 4.67. The van der Waals surface area contributed by atoms with E-state index in [4.69, 9.17) is 5.26 Å². The van der Waals surface area contributed by atoms with Crippen molar-refractivity contribution in [2.45, 2.75) is 6.42 Å². The van der Waals surface area contributed by atoms with Gasteiger partial charge in [0.2, 0.25) is 0 Å². The van der Waals surface area contributed by atoms with Crippen molar-refractivity contribution in [3.8, 4) is 6.07 Å². The van der Waals surface area contributed by atoms with E-state index in [0.29, 0.717) is 6.42 Å². The quantitative estimate of drug-likeness (QED) is 0.608. The summed E-state index contributed by atoms with van der Waals surface area (Å²) in [6.45, 7) is 0. The summed E-state index contributed by atoms with van der Waals surface area (Å²) < 4.78 is 1.29. The van der Waals surface area contributed by atoms with Gasteiger partial charge in [0, 0.05) is 4.70 Å². The maximum absolute atomic E-state index is 8.84. The van der Waals surface area contributed by atoms with Crippen molar-refractivity contribution in [1.82, 2.24) is 0 Å². The Bertz CT molecular complexity index is 703. The molecule has 1 nitrogen and oxygen atoms in total. The molecule has 3 aromatic rings. The van der Waals surface area contributed by atoms with Crippen LogP contribution in [0.15, 0.2) is 41.8 Å². The fourth-order valence-corrected chi connectivity index (χ4v) is 3.08. The van der Waals surface area contributed by atoms with Crippen LogP contribution in [0.3, 0.4) is 0 Å². The minimum Gasteiger partial charge on any atom is -0.198 e. The van der Waals surface area contributed by atoms with Crippen LogP contribution in [0.1, 0.15) is 5.56 Å². The summed E-state index contributed by atoms with van der Waals surface area (Å²) in [6, 6.07) is 14.8. The van der Waals surface area contributed by atoms with Crippen LogP contribution in [0.4, 0.5) is 0 Å². The van der Waals surface area contributed by atoms with E-state index in [9.17, 15) is 0 Å². The number of hydrogen-bond donors (Lipinski definition) is 0. The van der Waals surface area contributed by atoms with Gasteiger partial charge in [0.1, 0.15) is 0 Å². The number of benzene rings is 2. The van der Waals surface area contributed by atoms with Gasteiger partial charge in [-0.2, -0.15) is 5.26 Å². The van der Waals surface area contributed by atoms with Gasteiger partial charge in [0.15, 0.2) is 0 Å². The minimum absolute atomic E-state index is 0.484. The van der Waals surface area contributed by atoms with E-state index >= 15 is 0 Å². The molecule has 0 radical (unpaired) electrons. The molecule has 0 aliphatic rings. The molecule has 2 heteroatoms. The number of fused-ring (bicyclic) bond motifs is 3. The molecule has 0 atom stereocenters. The zero-order valence-electron chi connectivity index (χ0n) is 8.60. The summed E-state index contributed by atoms with van der Waals surface area (Å²) in [5.74, 6) is 0. The minimum atomic E-state index is 0.484. The van der Waals surface area contributed by atoms with Gasteiger partial charge in [0.25, 0.3) is 0 Å². The lowest BCUT2D eigenvalue weighted by Gasteiger charge is -2.03. The molecule has 0 spiro atoms. The lowest BCUT2D eigenvalue weighted by Crippen LogP contribution is -1.83. The summed E-state index contributed by atoms with van der Waals surface area (Å²) in [6.07, 6.45) is 0.484. The first-order chi connectivity index (χ1) is 7.90.